The third-order valence-corrected chi connectivity index (χ3v) is 6.52. The standard InChI is InChI=1S/C13H27NO2S2/c1-13(2,3)17-7-5-11(9-14-4)12-6-8-18(15,16)10-12/h11-12,14H,5-10H2,1-4H3. The molecule has 0 radical (unpaired) electrons. The van der Waals surface area contributed by atoms with Crippen molar-refractivity contribution in [3.63, 3.8) is 0 Å². The molecule has 1 saturated heterocycles. The van der Waals surface area contributed by atoms with E-state index in [4.69, 9.17) is 0 Å². The van der Waals surface area contributed by atoms with E-state index in [9.17, 15) is 8.42 Å². The van der Waals surface area contributed by atoms with Gasteiger partial charge in [-0.15, -0.1) is 0 Å². The minimum absolute atomic E-state index is 0.298. The lowest BCUT2D eigenvalue weighted by molar-refractivity contribution is 0.346. The van der Waals surface area contributed by atoms with Crippen molar-refractivity contribution in [3.8, 4) is 0 Å². The summed E-state index contributed by atoms with van der Waals surface area (Å²) in [6, 6.07) is 0. The van der Waals surface area contributed by atoms with Gasteiger partial charge in [0.05, 0.1) is 11.5 Å². The minimum atomic E-state index is -2.75. The first-order valence-electron chi connectivity index (χ1n) is 6.72. The van der Waals surface area contributed by atoms with Gasteiger partial charge in [0.2, 0.25) is 0 Å². The summed E-state index contributed by atoms with van der Waals surface area (Å²) < 4.78 is 23.4. The van der Waals surface area contributed by atoms with Crippen LogP contribution in [0.2, 0.25) is 0 Å². The lowest BCUT2D eigenvalue weighted by Gasteiger charge is -2.24. The quantitative estimate of drug-likeness (QED) is 0.815. The first-order valence-corrected chi connectivity index (χ1v) is 9.53. The summed E-state index contributed by atoms with van der Waals surface area (Å²) in [4.78, 5) is 0. The van der Waals surface area contributed by atoms with Crippen LogP contribution in [0.5, 0.6) is 0 Å². The van der Waals surface area contributed by atoms with Crippen LogP contribution in [0.3, 0.4) is 0 Å². The fourth-order valence-electron chi connectivity index (χ4n) is 2.48. The van der Waals surface area contributed by atoms with Gasteiger partial charge in [-0.1, -0.05) is 20.8 Å². The highest BCUT2D eigenvalue weighted by Crippen LogP contribution is 2.31. The summed E-state index contributed by atoms with van der Waals surface area (Å²) >= 11 is 1.97. The molecule has 1 fully saturated rings. The summed E-state index contributed by atoms with van der Waals surface area (Å²) in [5, 5.41) is 3.22. The molecule has 1 heterocycles. The predicted octanol–water partition coefficient (Wildman–Crippen LogP) is 2.18. The number of hydrogen-bond donors (Lipinski definition) is 1. The van der Waals surface area contributed by atoms with Crippen LogP contribution in [0.15, 0.2) is 0 Å². The second-order valence-corrected chi connectivity index (χ2v) is 10.4. The third kappa shape index (κ3) is 5.93. The zero-order valence-electron chi connectivity index (χ0n) is 12.0. The van der Waals surface area contributed by atoms with E-state index in [-0.39, 0.29) is 0 Å². The van der Waals surface area contributed by atoms with Crippen molar-refractivity contribution in [2.75, 3.05) is 30.9 Å². The predicted molar refractivity (Wildman–Crippen MR) is 81.0 cm³/mol. The molecule has 2 atom stereocenters. The second-order valence-electron chi connectivity index (χ2n) is 6.23. The second kappa shape index (κ2) is 6.62. The molecular weight excluding hydrogens is 266 g/mol. The summed E-state index contributed by atoms with van der Waals surface area (Å²) in [5.74, 6) is 2.78. The van der Waals surface area contributed by atoms with Crippen molar-refractivity contribution in [2.24, 2.45) is 11.8 Å². The topological polar surface area (TPSA) is 46.2 Å². The molecule has 1 rings (SSSR count). The van der Waals surface area contributed by atoms with Gasteiger partial charge in [0.1, 0.15) is 0 Å². The maximum Gasteiger partial charge on any atom is 0.150 e. The van der Waals surface area contributed by atoms with E-state index >= 15 is 0 Å². The van der Waals surface area contributed by atoms with E-state index in [0.29, 0.717) is 28.1 Å². The minimum Gasteiger partial charge on any atom is -0.319 e. The Labute approximate surface area is 116 Å². The van der Waals surface area contributed by atoms with Crippen LogP contribution in [0.25, 0.3) is 0 Å². The highest BCUT2D eigenvalue weighted by atomic mass is 32.2. The Balaban J connectivity index is 2.45. The SMILES string of the molecule is CNCC(CCSC(C)(C)C)C1CCS(=O)(=O)C1. The fourth-order valence-corrected chi connectivity index (χ4v) is 5.43. The lowest BCUT2D eigenvalue weighted by atomic mass is 9.89. The molecule has 3 nitrogen and oxygen atoms in total. The van der Waals surface area contributed by atoms with Crippen molar-refractivity contribution in [3.05, 3.63) is 0 Å². The van der Waals surface area contributed by atoms with Crippen LogP contribution in [0.4, 0.5) is 0 Å². The normalized spacial score (nSPS) is 25.2. The van der Waals surface area contributed by atoms with Crippen molar-refractivity contribution in [2.45, 2.75) is 38.4 Å². The Morgan fingerprint density at radius 1 is 1.39 bits per heavy atom. The molecule has 0 aliphatic carbocycles. The summed E-state index contributed by atoms with van der Waals surface area (Å²) in [5.41, 5.74) is 0. The van der Waals surface area contributed by atoms with E-state index in [1.54, 1.807) is 0 Å². The molecule has 0 aromatic heterocycles. The molecule has 0 bridgehead atoms. The van der Waals surface area contributed by atoms with Crippen LogP contribution in [0.1, 0.15) is 33.6 Å². The smallest absolute Gasteiger partial charge is 0.150 e. The Morgan fingerprint density at radius 2 is 2.06 bits per heavy atom. The molecule has 0 aromatic rings. The molecule has 18 heavy (non-hydrogen) atoms. The van der Waals surface area contributed by atoms with E-state index in [1.165, 1.54) is 0 Å². The number of nitrogens with one attached hydrogen (secondary N) is 1. The van der Waals surface area contributed by atoms with Crippen LogP contribution < -0.4 is 5.32 Å². The van der Waals surface area contributed by atoms with Gasteiger partial charge in [-0.2, -0.15) is 11.8 Å². The molecule has 0 amide bonds. The van der Waals surface area contributed by atoms with Gasteiger partial charge in [-0.05, 0) is 44.0 Å². The fraction of sp³-hybridized carbons (Fsp3) is 1.00. The van der Waals surface area contributed by atoms with Gasteiger partial charge in [-0.3, -0.25) is 0 Å². The zero-order valence-corrected chi connectivity index (χ0v) is 13.7. The van der Waals surface area contributed by atoms with Gasteiger partial charge in [0.15, 0.2) is 9.84 Å². The molecular formula is C13H27NO2S2. The summed E-state index contributed by atoms with van der Waals surface area (Å²) in [7, 11) is -0.795. The van der Waals surface area contributed by atoms with Crippen LogP contribution >= 0.6 is 11.8 Å². The van der Waals surface area contributed by atoms with Crippen LogP contribution in [0, 0.1) is 11.8 Å². The lowest BCUT2D eigenvalue weighted by Crippen LogP contribution is -2.28. The summed E-state index contributed by atoms with van der Waals surface area (Å²) in [6.45, 7) is 7.62. The molecule has 1 aliphatic heterocycles. The van der Waals surface area contributed by atoms with E-state index in [1.807, 2.05) is 18.8 Å². The van der Waals surface area contributed by atoms with E-state index in [0.717, 1.165) is 25.1 Å². The number of hydrogen-bond acceptors (Lipinski definition) is 4. The molecule has 1 aliphatic rings. The van der Waals surface area contributed by atoms with Crippen molar-refractivity contribution in [1.29, 1.82) is 0 Å². The van der Waals surface area contributed by atoms with Gasteiger partial charge in [-0.25, -0.2) is 8.42 Å². The monoisotopic (exact) mass is 293 g/mol. The molecule has 0 saturated carbocycles. The third-order valence-electron chi connectivity index (χ3n) is 3.42. The zero-order chi connectivity index (χ0) is 13.8. The Kier molecular flexibility index (Phi) is 6.00. The van der Waals surface area contributed by atoms with E-state index < -0.39 is 9.84 Å². The Bertz CT molecular complexity index is 346. The Hall–Kier alpha value is 0.260. The summed E-state index contributed by atoms with van der Waals surface area (Å²) in [6.07, 6.45) is 1.97. The number of thioether (sulfide) groups is 1. The molecule has 2 unspecified atom stereocenters. The van der Waals surface area contributed by atoms with Gasteiger partial charge in [0, 0.05) is 4.75 Å². The van der Waals surface area contributed by atoms with Crippen molar-refractivity contribution >= 4 is 21.6 Å². The number of rotatable bonds is 6. The van der Waals surface area contributed by atoms with E-state index in [2.05, 4.69) is 26.1 Å². The molecule has 5 heteroatoms. The van der Waals surface area contributed by atoms with Gasteiger partial charge >= 0.3 is 0 Å². The van der Waals surface area contributed by atoms with Crippen LogP contribution in [-0.4, -0.2) is 44.0 Å². The molecule has 0 aromatic carbocycles. The maximum absolute atomic E-state index is 11.6. The van der Waals surface area contributed by atoms with Crippen molar-refractivity contribution in [1.82, 2.24) is 5.32 Å². The van der Waals surface area contributed by atoms with Gasteiger partial charge < -0.3 is 5.32 Å². The van der Waals surface area contributed by atoms with Crippen molar-refractivity contribution < 1.29 is 8.42 Å². The van der Waals surface area contributed by atoms with Gasteiger partial charge in [0.25, 0.3) is 0 Å². The first kappa shape index (κ1) is 16.3. The first-order chi connectivity index (χ1) is 8.23. The largest absolute Gasteiger partial charge is 0.319 e. The average Bonchev–Trinajstić information content (AvgIpc) is 2.56. The highest BCUT2D eigenvalue weighted by molar-refractivity contribution is 8.00. The van der Waals surface area contributed by atoms with Crippen LogP contribution in [-0.2, 0) is 9.84 Å². The average molecular weight is 293 g/mol. The molecule has 0 spiro atoms. The maximum atomic E-state index is 11.6. The molecule has 108 valence electrons. The number of sulfone groups is 1. The molecule has 1 N–H and O–H groups in total. The Morgan fingerprint density at radius 3 is 2.50 bits per heavy atom. The highest BCUT2D eigenvalue weighted by Gasteiger charge is 2.33.